The predicted octanol–water partition coefficient (Wildman–Crippen LogP) is 3.99. The maximum absolute atomic E-state index is 12.7. The van der Waals surface area contributed by atoms with Gasteiger partial charge in [-0.3, -0.25) is 9.59 Å². The summed E-state index contributed by atoms with van der Waals surface area (Å²) in [6, 6.07) is 12.2. The smallest absolute Gasteiger partial charge is 0.307 e. The molecule has 2 aromatic carbocycles. The predicted molar refractivity (Wildman–Crippen MR) is 89.3 cm³/mol. The number of hydrogen-bond donors (Lipinski definition) is 2. The molecule has 0 bridgehead atoms. The van der Waals surface area contributed by atoms with E-state index in [9.17, 15) is 9.59 Å². The fraction of sp³-hybridized carbons (Fsp3) is 0.111. The number of hydrogen-bond acceptors (Lipinski definition) is 2. The van der Waals surface area contributed by atoms with Crippen molar-refractivity contribution in [3.63, 3.8) is 0 Å². The zero-order valence-corrected chi connectivity index (χ0v) is 13.1. The summed E-state index contributed by atoms with van der Waals surface area (Å²) < 4.78 is 0. The number of halogens is 1. The highest BCUT2D eigenvalue weighted by molar-refractivity contribution is 6.30. The standard InChI is InChI=1S/C18H14ClNO3/c1-10-2-7-13-14(9-16(21)22)17(20-15(13)8-10)18(23)11-3-5-12(19)6-4-11/h2-8,20H,9H2,1H3,(H,21,22). The van der Waals surface area contributed by atoms with Crippen LogP contribution in [0.25, 0.3) is 10.9 Å². The molecule has 0 unspecified atom stereocenters. The maximum atomic E-state index is 12.7. The molecule has 2 N–H and O–H groups in total. The van der Waals surface area contributed by atoms with Crippen LogP contribution in [0.3, 0.4) is 0 Å². The molecule has 0 aliphatic heterocycles. The van der Waals surface area contributed by atoms with Crippen LogP contribution in [0.1, 0.15) is 27.2 Å². The van der Waals surface area contributed by atoms with Gasteiger partial charge in [-0.15, -0.1) is 0 Å². The first-order valence-electron chi connectivity index (χ1n) is 7.09. The lowest BCUT2D eigenvalue weighted by atomic mass is 10.0. The largest absolute Gasteiger partial charge is 0.481 e. The fourth-order valence-electron chi connectivity index (χ4n) is 2.64. The molecule has 3 aromatic rings. The summed E-state index contributed by atoms with van der Waals surface area (Å²) in [7, 11) is 0. The summed E-state index contributed by atoms with van der Waals surface area (Å²) in [6.45, 7) is 1.94. The number of H-pyrrole nitrogens is 1. The van der Waals surface area contributed by atoms with Gasteiger partial charge in [0.15, 0.2) is 0 Å². The van der Waals surface area contributed by atoms with E-state index in [1.807, 2.05) is 25.1 Å². The van der Waals surface area contributed by atoms with Crippen LogP contribution in [0.15, 0.2) is 42.5 Å². The SMILES string of the molecule is Cc1ccc2c(CC(=O)O)c(C(=O)c3ccc(Cl)cc3)[nH]c2c1. The highest BCUT2D eigenvalue weighted by atomic mass is 35.5. The van der Waals surface area contributed by atoms with Crippen LogP contribution in [0.4, 0.5) is 0 Å². The van der Waals surface area contributed by atoms with Gasteiger partial charge in [0.25, 0.3) is 0 Å². The Balaban J connectivity index is 2.16. The van der Waals surface area contributed by atoms with Crippen LogP contribution in [0.5, 0.6) is 0 Å². The number of aromatic nitrogens is 1. The van der Waals surface area contributed by atoms with Gasteiger partial charge < -0.3 is 10.1 Å². The summed E-state index contributed by atoms with van der Waals surface area (Å²) in [6.07, 6.45) is -0.211. The minimum atomic E-state index is -0.975. The van der Waals surface area contributed by atoms with Gasteiger partial charge in [0.05, 0.1) is 12.1 Å². The van der Waals surface area contributed by atoms with Crippen LogP contribution >= 0.6 is 11.6 Å². The van der Waals surface area contributed by atoms with Crippen molar-refractivity contribution in [2.45, 2.75) is 13.3 Å². The summed E-state index contributed by atoms with van der Waals surface area (Å²) in [5.41, 5.74) is 3.08. The number of fused-ring (bicyclic) bond motifs is 1. The van der Waals surface area contributed by atoms with Crippen LogP contribution in [-0.4, -0.2) is 21.8 Å². The van der Waals surface area contributed by atoms with E-state index in [0.717, 1.165) is 16.5 Å². The molecule has 0 spiro atoms. The second-order valence-electron chi connectivity index (χ2n) is 5.43. The Hall–Kier alpha value is -2.59. The van der Waals surface area contributed by atoms with Crippen molar-refractivity contribution in [2.75, 3.05) is 0 Å². The molecule has 3 rings (SSSR count). The van der Waals surface area contributed by atoms with Crippen LogP contribution in [0, 0.1) is 6.92 Å². The average Bonchev–Trinajstić information content (AvgIpc) is 2.84. The van der Waals surface area contributed by atoms with E-state index in [0.29, 0.717) is 21.8 Å². The Bertz CT molecular complexity index is 910. The molecule has 4 nitrogen and oxygen atoms in total. The van der Waals surface area contributed by atoms with Crippen molar-refractivity contribution in [1.82, 2.24) is 4.98 Å². The third kappa shape index (κ3) is 2.98. The van der Waals surface area contributed by atoms with Gasteiger partial charge in [-0.2, -0.15) is 0 Å². The van der Waals surface area contributed by atoms with Crippen LogP contribution in [0.2, 0.25) is 5.02 Å². The molecule has 0 amide bonds. The molecule has 1 heterocycles. The zero-order valence-electron chi connectivity index (χ0n) is 12.4. The number of aliphatic carboxylic acids is 1. The number of rotatable bonds is 4. The van der Waals surface area contributed by atoms with E-state index in [2.05, 4.69) is 4.98 Å². The van der Waals surface area contributed by atoms with E-state index in [1.54, 1.807) is 24.3 Å². The number of ketones is 1. The minimum absolute atomic E-state index is 0.211. The van der Waals surface area contributed by atoms with E-state index in [1.165, 1.54) is 0 Å². The number of aromatic amines is 1. The lowest BCUT2D eigenvalue weighted by Gasteiger charge is -2.03. The molecule has 0 fully saturated rings. The number of carbonyl (C=O) groups excluding carboxylic acids is 1. The van der Waals surface area contributed by atoms with E-state index in [4.69, 9.17) is 16.7 Å². The highest BCUT2D eigenvalue weighted by Crippen LogP contribution is 2.26. The Morgan fingerprint density at radius 3 is 2.48 bits per heavy atom. The van der Waals surface area contributed by atoms with Crippen molar-refractivity contribution >= 4 is 34.3 Å². The van der Waals surface area contributed by atoms with Crippen LogP contribution < -0.4 is 0 Å². The number of carbonyl (C=O) groups is 2. The van der Waals surface area contributed by atoms with Crippen LogP contribution in [-0.2, 0) is 11.2 Å². The molecule has 0 aliphatic rings. The molecule has 0 aliphatic carbocycles. The Labute approximate surface area is 137 Å². The number of aryl methyl sites for hydroxylation is 1. The van der Waals surface area contributed by atoms with Crippen molar-refractivity contribution < 1.29 is 14.7 Å². The first-order valence-corrected chi connectivity index (χ1v) is 7.47. The fourth-order valence-corrected chi connectivity index (χ4v) is 2.77. The van der Waals surface area contributed by atoms with Gasteiger partial charge in [0, 0.05) is 27.1 Å². The van der Waals surface area contributed by atoms with Gasteiger partial charge in [0.1, 0.15) is 0 Å². The Morgan fingerprint density at radius 2 is 1.83 bits per heavy atom. The van der Waals surface area contributed by atoms with Crippen molar-refractivity contribution in [3.8, 4) is 0 Å². The number of carboxylic acid groups (broad SMARTS) is 1. The molecular weight excluding hydrogens is 314 g/mol. The number of carboxylic acids is 1. The maximum Gasteiger partial charge on any atom is 0.307 e. The molecule has 0 saturated carbocycles. The monoisotopic (exact) mass is 327 g/mol. The molecule has 5 heteroatoms. The summed E-state index contributed by atoms with van der Waals surface area (Å²) in [4.78, 5) is 27.0. The molecule has 0 atom stereocenters. The lowest BCUT2D eigenvalue weighted by Crippen LogP contribution is -2.08. The molecule has 23 heavy (non-hydrogen) atoms. The third-order valence-electron chi connectivity index (χ3n) is 3.72. The Kier molecular flexibility index (Phi) is 3.92. The van der Waals surface area contributed by atoms with E-state index < -0.39 is 5.97 Å². The normalized spacial score (nSPS) is 10.9. The number of benzene rings is 2. The van der Waals surface area contributed by atoms with Gasteiger partial charge in [0.2, 0.25) is 5.78 Å². The highest BCUT2D eigenvalue weighted by Gasteiger charge is 2.21. The second-order valence-corrected chi connectivity index (χ2v) is 5.87. The molecule has 0 saturated heterocycles. The Morgan fingerprint density at radius 1 is 1.13 bits per heavy atom. The summed E-state index contributed by atoms with van der Waals surface area (Å²) in [5, 5.41) is 10.5. The van der Waals surface area contributed by atoms with Gasteiger partial charge in [-0.1, -0.05) is 23.7 Å². The average molecular weight is 328 g/mol. The van der Waals surface area contributed by atoms with Crippen molar-refractivity contribution in [1.29, 1.82) is 0 Å². The van der Waals surface area contributed by atoms with Gasteiger partial charge in [-0.05, 0) is 42.8 Å². The first-order chi connectivity index (χ1) is 11.0. The quantitative estimate of drug-likeness (QED) is 0.712. The molecular formula is C18H14ClNO3. The second kappa shape index (κ2) is 5.89. The van der Waals surface area contributed by atoms with Crippen molar-refractivity contribution in [2.24, 2.45) is 0 Å². The third-order valence-corrected chi connectivity index (χ3v) is 3.98. The van der Waals surface area contributed by atoms with E-state index in [-0.39, 0.29) is 12.2 Å². The van der Waals surface area contributed by atoms with Crippen molar-refractivity contribution in [3.05, 3.63) is 69.9 Å². The van der Waals surface area contributed by atoms with Gasteiger partial charge >= 0.3 is 5.97 Å². The lowest BCUT2D eigenvalue weighted by molar-refractivity contribution is -0.136. The zero-order chi connectivity index (χ0) is 16.6. The summed E-state index contributed by atoms with van der Waals surface area (Å²) >= 11 is 5.85. The number of nitrogens with one attached hydrogen (secondary N) is 1. The first kappa shape index (κ1) is 15.3. The topological polar surface area (TPSA) is 70.2 Å². The molecule has 0 radical (unpaired) electrons. The minimum Gasteiger partial charge on any atom is -0.481 e. The van der Waals surface area contributed by atoms with Gasteiger partial charge in [-0.25, -0.2) is 0 Å². The van der Waals surface area contributed by atoms with E-state index >= 15 is 0 Å². The molecule has 116 valence electrons. The molecule has 1 aromatic heterocycles. The summed E-state index contributed by atoms with van der Waals surface area (Å²) in [5.74, 6) is -1.22.